The second kappa shape index (κ2) is 9.25. The van der Waals surface area contributed by atoms with Crippen LogP contribution in [0.15, 0.2) is 0 Å². The van der Waals surface area contributed by atoms with Gasteiger partial charge in [0.1, 0.15) is 6.61 Å². The summed E-state index contributed by atoms with van der Waals surface area (Å²) in [5, 5.41) is 3.38. The Morgan fingerprint density at radius 3 is 2.71 bits per heavy atom. The molecule has 0 saturated carbocycles. The Balaban J connectivity index is 2.31. The van der Waals surface area contributed by atoms with Gasteiger partial charge in [0.25, 0.3) is 0 Å². The molecule has 0 spiro atoms. The van der Waals surface area contributed by atoms with Crippen LogP contribution in [0.2, 0.25) is 0 Å². The quantitative estimate of drug-likeness (QED) is 0.700. The van der Waals surface area contributed by atoms with Gasteiger partial charge in [-0.25, -0.2) is 0 Å². The van der Waals surface area contributed by atoms with Crippen LogP contribution in [0.3, 0.4) is 0 Å². The van der Waals surface area contributed by atoms with E-state index in [2.05, 4.69) is 10.1 Å². The lowest BCUT2D eigenvalue weighted by Crippen LogP contribution is -2.46. The minimum absolute atomic E-state index is 0.00278. The molecule has 0 aromatic heterocycles. The number of carbonyl (C=O) groups is 1. The van der Waals surface area contributed by atoms with Crippen molar-refractivity contribution in [1.82, 2.24) is 10.2 Å². The Hall–Kier alpha value is -0.820. The summed E-state index contributed by atoms with van der Waals surface area (Å²) in [6, 6.07) is 0.297. The number of alkyl halides is 3. The highest BCUT2D eigenvalue weighted by Crippen LogP contribution is 2.14. The largest absolute Gasteiger partial charge is 0.411 e. The molecular formula is C14H25F3N2O2. The molecule has 1 unspecified atom stereocenters. The first-order valence-corrected chi connectivity index (χ1v) is 7.58. The lowest BCUT2D eigenvalue weighted by molar-refractivity contribution is -0.175. The van der Waals surface area contributed by atoms with Gasteiger partial charge in [0.15, 0.2) is 0 Å². The van der Waals surface area contributed by atoms with E-state index in [9.17, 15) is 18.0 Å². The lowest BCUT2D eigenvalue weighted by atomic mass is 10.0. The smallest absolute Gasteiger partial charge is 0.372 e. The maximum absolute atomic E-state index is 12.1. The molecular weight excluding hydrogens is 285 g/mol. The monoisotopic (exact) mass is 310 g/mol. The van der Waals surface area contributed by atoms with Crippen molar-refractivity contribution in [2.75, 3.05) is 32.8 Å². The van der Waals surface area contributed by atoms with Crippen LogP contribution >= 0.6 is 0 Å². The number of hydrogen-bond acceptors (Lipinski definition) is 3. The van der Waals surface area contributed by atoms with Gasteiger partial charge in [0.05, 0.1) is 13.0 Å². The van der Waals surface area contributed by atoms with E-state index in [1.165, 1.54) is 0 Å². The topological polar surface area (TPSA) is 41.6 Å². The zero-order valence-corrected chi connectivity index (χ0v) is 12.5. The van der Waals surface area contributed by atoms with E-state index in [1.807, 2.05) is 6.92 Å². The maximum Gasteiger partial charge on any atom is 0.411 e. The van der Waals surface area contributed by atoms with Gasteiger partial charge < -0.3 is 15.0 Å². The summed E-state index contributed by atoms with van der Waals surface area (Å²) >= 11 is 0. The highest BCUT2D eigenvalue weighted by molar-refractivity contribution is 5.76. The van der Waals surface area contributed by atoms with E-state index < -0.39 is 12.8 Å². The first-order chi connectivity index (χ1) is 9.92. The van der Waals surface area contributed by atoms with Crippen molar-refractivity contribution in [2.24, 2.45) is 0 Å². The minimum atomic E-state index is -4.34. The molecule has 1 amide bonds. The predicted octanol–water partition coefficient (Wildman–Crippen LogP) is 2.34. The van der Waals surface area contributed by atoms with Gasteiger partial charge in [-0.3, -0.25) is 4.79 Å². The molecule has 1 aliphatic rings. The molecule has 21 heavy (non-hydrogen) atoms. The number of ether oxygens (including phenoxy) is 1. The van der Waals surface area contributed by atoms with Gasteiger partial charge >= 0.3 is 6.18 Å². The van der Waals surface area contributed by atoms with E-state index in [-0.39, 0.29) is 18.9 Å². The van der Waals surface area contributed by atoms with E-state index in [0.29, 0.717) is 19.1 Å². The number of halogens is 3. The van der Waals surface area contributed by atoms with Crippen molar-refractivity contribution in [3.8, 4) is 0 Å². The van der Waals surface area contributed by atoms with E-state index >= 15 is 0 Å². The van der Waals surface area contributed by atoms with Crippen molar-refractivity contribution in [1.29, 1.82) is 0 Å². The molecule has 1 atom stereocenters. The van der Waals surface area contributed by atoms with Crippen LogP contribution in [0.1, 0.15) is 39.0 Å². The molecule has 124 valence electrons. The zero-order valence-electron chi connectivity index (χ0n) is 12.5. The highest BCUT2D eigenvalue weighted by atomic mass is 19.4. The molecule has 1 heterocycles. The first kappa shape index (κ1) is 18.2. The van der Waals surface area contributed by atoms with Crippen LogP contribution in [0.4, 0.5) is 13.2 Å². The molecule has 0 radical (unpaired) electrons. The van der Waals surface area contributed by atoms with Gasteiger partial charge in [-0.1, -0.05) is 13.3 Å². The number of amides is 1. The standard InChI is InChI=1S/C14H25F3N2O2/c1-2-8-19(10-12-5-3-4-7-18-12)13(20)6-9-21-11-14(15,16)17/h12,18H,2-11H2,1H3. The molecule has 7 heteroatoms. The maximum atomic E-state index is 12.1. The first-order valence-electron chi connectivity index (χ1n) is 7.58. The summed E-state index contributed by atoms with van der Waals surface area (Å²) in [5.41, 5.74) is 0. The minimum Gasteiger partial charge on any atom is -0.372 e. The van der Waals surface area contributed by atoms with Crippen molar-refractivity contribution in [3.05, 3.63) is 0 Å². The lowest BCUT2D eigenvalue weighted by Gasteiger charge is -2.30. The Labute approximate surface area is 124 Å². The van der Waals surface area contributed by atoms with Gasteiger partial charge in [-0.15, -0.1) is 0 Å². The zero-order chi connectivity index (χ0) is 15.7. The number of nitrogens with one attached hydrogen (secondary N) is 1. The summed E-state index contributed by atoms with van der Waals surface area (Å²) in [7, 11) is 0. The molecule has 1 fully saturated rings. The molecule has 0 aromatic carbocycles. The van der Waals surface area contributed by atoms with E-state index in [4.69, 9.17) is 0 Å². The molecule has 1 N–H and O–H groups in total. The Bertz CT molecular complexity index is 305. The van der Waals surface area contributed by atoms with Crippen molar-refractivity contribution in [2.45, 2.75) is 51.2 Å². The molecule has 1 saturated heterocycles. The molecule has 0 aliphatic carbocycles. The van der Waals surface area contributed by atoms with Gasteiger partial charge in [0.2, 0.25) is 5.91 Å². The Morgan fingerprint density at radius 2 is 2.14 bits per heavy atom. The normalized spacial score (nSPS) is 19.5. The third-order valence-electron chi connectivity index (χ3n) is 3.43. The third kappa shape index (κ3) is 8.26. The van der Waals surface area contributed by atoms with Crippen molar-refractivity contribution >= 4 is 5.91 Å². The van der Waals surface area contributed by atoms with Gasteiger partial charge in [0, 0.05) is 19.1 Å². The fraction of sp³-hybridized carbons (Fsp3) is 0.929. The second-order valence-corrected chi connectivity index (χ2v) is 5.40. The summed E-state index contributed by atoms with van der Waals surface area (Å²) in [6.45, 7) is 2.74. The summed E-state index contributed by atoms with van der Waals surface area (Å²) in [5.74, 6) is -0.133. The SMILES string of the molecule is CCCN(CC1CCCCN1)C(=O)CCOCC(F)(F)F. The highest BCUT2D eigenvalue weighted by Gasteiger charge is 2.27. The number of piperidine rings is 1. The molecule has 0 aromatic rings. The number of carbonyl (C=O) groups excluding carboxylic acids is 1. The van der Waals surface area contributed by atoms with E-state index in [0.717, 1.165) is 32.2 Å². The van der Waals surface area contributed by atoms with E-state index in [1.54, 1.807) is 4.90 Å². The predicted molar refractivity (Wildman–Crippen MR) is 74.0 cm³/mol. The van der Waals surface area contributed by atoms with Gasteiger partial charge in [-0.05, 0) is 25.8 Å². The fourth-order valence-corrected chi connectivity index (χ4v) is 2.44. The summed E-state index contributed by atoms with van der Waals surface area (Å²) in [6.07, 6.45) is -0.148. The Kier molecular flexibility index (Phi) is 8.03. The van der Waals surface area contributed by atoms with Crippen LogP contribution < -0.4 is 5.32 Å². The average molecular weight is 310 g/mol. The number of rotatable bonds is 8. The number of hydrogen-bond donors (Lipinski definition) is 1. The molecule has 1 aliphatic heterocycles. The average Bonchev–Trinajstić information content (AvgIpc) is 2.43. The van der Waals surface area contributed by atoms with Crippen LogP contribution in [-0.2, 0) is 9.53 Å². The van der Waals surface area contributed by atoms with Crippen LogP contribution in [0, 0.1) is 0 Å². The molecule has 1 rings (SSSR count). The van der Waals surface area contributed by atoms with Crippen molar-refractivity contribution in [3.63, 3.8) is 0 Å². The number of nitrogens with zero attached hydrogens (tertiary/aromatic N) is 1. The van der Waals surface area contributed by atoms with Crippen LogP contribution in [0.5, 0.6) is 0 Å². The fourth-order valence-electron chi connectivity index (χ4n) is 2.44. The third-order valence-corrected chi connectivity index (χ3v) is 3.43. The second-order valence-electron chi connectivity index (χ2n) is 5.40. The summed E-state index contributed by atoms with van der Waals surface area (Å²) < 4.78 is 40.3. The Morgan fingerprint density at radius 1 is 1.38 bits per heavy atom. The van der Waals surface area contributed by atoms with Crippen molar-refractivity contribution < 1.29 is 22.7 Å². The van der Waals surface area contributed by atoms with Gasteiger partial charge in [-0.2, -0.15) is 13.2 Å². The summed E-state index contributed by atoms with van der Waals surface area (Å²) in [4.78, 5) is 13.8. The molecule has 0 bridgehead atoms. The van der Waals surface area contributed by atoms with Crippen LogP contribution in [-0.4, -0.2) is 55.9 Å². The molecule has 4 nitrogen and oxygen atoms in total. The van der Waals surface area contributed by atoms with Crippen LogP contribution in [0.25, 0.3) is 0 Å².